The number of allylic oxidation sites excluding steroid dienone is 1. The van der Waals surface area contributed by atoms with Gasteiger partial charge in [0.25, 0.3) is 0 Å². The van der Waals surface area contributed by atoms with Gasteiger partial charge in [0.1, 0.15) is 6.29 Å². The number of carbonyl (C=O) groups excluding carboxylic acids is 1. The van der Waals surface area contributed by atoms with E-state index in [4.69, 9.17) is 4.74 Å². The number of hydrogen-bond acceptors (Lipinski definition) is 4. The van der Waals surface area contributed by atoms with Crippen molar-refractivity contribution in [1.82, 2.24) is 0 Å². The lowest BCUT2D eigenvalue weighted by molar-refractivity contribution is -0.288. The van der Waals surface area contributed by atoms with E-state index in [1.807, 2.05) is 0 Å². The maximum atomic E-state index is 11.4. The van der Waals surface area contributed by atoms with Crippen molar-refractivity contribution in [2.45, 2.75) is 64.8 Å². The van der Waals surface area contributed by atoms with Gasteiger partial charge in [0, 0.05) is 23.5 Å². The number of aliphatic hydroxyl groups is 2. The minimum absolute atomic E-state index is 0.164. The van der Waals surface area contributed by atoms with Crippen LogP contribution >= 0.6 is 0 Å². The summed E-state index contributed by atoms with van der Waals surface area (Å²) in [5.41, 5.74) is 3.18. The van der Waals surface area contributed by atoms with Gasteiger partial charge >= 0.3 is 0 Å². The Balaban J connectivity index is 1.85. The molecule has 2 N–H and O–H groups in total. The number of hydrogen-bond donors (Lipinski definition) is 2. The fourth-order valence-electron chi connectivity index (χ4n) is 5.87. The predicted molar refractivity (Wildman–Crippen MR) is 90.0 cm³/mol. The third kappa shape index (κ3) is 1.88. The van der Waals surface area contributed by atoms with Crippen LogP contribution in [-0.4, -0.2) is 35.0 Å². The highest BCUT2D eigenvalue weighted by atomic mass is 16.6. The van der Waals surface area contributed by atoms with Gasteiger partial charge < -0.3 is 14.9 Å². The Morgan fingerprint density at radius 3 is 2.79 bits per heavy atom. The molecule has 132 valence electrons. The summed E-state index contributed by atoms with van der Waals surface area (Å²) in [5, 5.41) is 20.9. The van der Waals surface area contributed by atoms with Crippen molar-refractivity contribution in [1.29, 1.82) is 0 Å². The SMILES string of the molecule is CC(CO)C1=C2C3CC4OC(O)(C=C4C=O)C3(C)CCC2(C)CC1. The van der Waals surface area contributed by atoms with Crippen LogP contribution in [0.15, 0.2) is 22.8 Å². The molecule has 2 bridgehead atoms. The molecule has 2 aliphatic carbocycles. The van der Waals surface area contributed by atoms with Gasteiger partial charge in [-0.25, -0.2) is 0 Å². The molecular weight excluding hydrogens is 304 g/mol. The zero-order valence-corrected chi connectivity index (χ0v) is 14.8. The smallest absolute Gasteiger partial charge is 0.192 e. The van der Waals surface area contributed by atoms with Gasteiger partial charge in [0.2, 0.25) is 0 Å². The van der Waals surface area contributed by atoms with Crippen LogP contribution in [0.5, 0.6) is 0 Å². The molecule has 0 radical (unpaired) electrons. The monoisotopic (exact) mass is 332 g/mol. The molecule has 6 unspecified atom stereocenters. The molecule has 4 heteroatoms. The second-order valence-electron chi connectivity index (χ2n) is 8.85. The minimum Gasteiger partial charge on any atom is -0.396 e. The van der Waals surface area contributed by atoms with Gasteiger partial charge in [0.15, 0.2) is 5.79 Å². The lowest BCUT2D eigenvalue weighted by Gasteiger charge is -2.57. The van der Waals surface area contributed by atoms with Gasteiger partial charge in [0.05, 0.1) is 6.10 Å². The molecule has 2 heterocycles. The third-order valence-corrected chi connectivity index (χ3v) is 7.58. The van der Waals surface area contributed by atoms with Gasteiger partial charge in [-0.15, -0.1) is 0 Å². The van der Waals surface area contributed by atoms with Crippen molar-refractivity contribution in [3.05, 3.63) is 22.8 Å². The number of ether oxygens (including phenoxy) is 1. The van der Waals surface area contributed by atoms with Crippen LogP contribution in [-0.2, 0) is 9.53 Å². The molecule has 1 saturated carbocycles. The summed E-state index contributed by atoms with van der Waals surface area (Å²) in [6, 6.07) is 0. The van der Waals surface area contributed by atoms with Crippen molar-refractivity contribution >= 4 is 6.29 Å². The molecule has 2 fully saturated rings. The highest BCUT2D eigenvalue weighted by Gasteiger charge is 2.65. The highest BCUT2D eigenvalue weighted by Crippen LogP contribution is 2.67. The van der Waals surface area contributed by atoms with E-state index in [-0.39, 0.29) is 30.0 Å². The summed E-state index contributed by atoms with van der Waals surface area (Å²) in [6.07, 6.45) is 7.05. The molecule has 0 amide bonds. The van der Waals surface area contributed by atoms with Crippen LogP contribution in [0.1, 0.15) is 52.9 Å². The molecule has 0 aromatic rings. The van der Waals surface area contributed by atoms with Crippen molar-refractivity contribution < 1.29 is 19.7 Å². The molecule has 4 nitrogen and oxygen atoms in total. The Morgan fingerprint density at radius 2 is 2.12 bits per heavy atom. The number of aliphatic hydroxyl groups excluding tert-OH is 1. The fourth-order valence-corrected chi connectivity index (χ4v) is 5.87. The molecule has 4 aliphatic rings. The van der Waals surface area contributed by atoms with Crippen molar-refractivity contribution in [3.63, 3.8) is 0 Å². The van der Waals surface area contributed by atoms with Crippen LogP contribution in [0.25, 0.3) is 0 Å². The van der Waals surface area contributed by atoms with Crippen LogP contribution in [0, 0.1) is 22.7 Å². The summed E-state index contributed by atoms with van der Waals surface area (Å²) in [7, 11) is 0. The second kappa shape index (κ2) is 5.03. The number of aldehydes is 1. The molecule has 0 spiro atoms. The molecule has 6 atom stereocenters. The first-order chi connectivity index (χ1) is 11.3. The summed E-state index contributed by atoms with van der Waals surface area (Å²) in [6.45, 7) is 6.72. The maximum absolute atomic E-state index is 11.4. The van der Waals surface area contributed by atoms with Crippen molar-refractivity contribution in [2.75, 3.05) is 6.61 Å². The van der Waals surface area contributed by atoms with E-state index in [9.17, 15) is 15.0 Å². The first-order valence-electron chi connectivity index (χ1n) is 9.20. The zero-order chi connectivity index (χ0) is 17.3. The minimum atomic E-state index is -1.35. The van der Waals surface area contributed by atoms with Gasteiger partial charge in [-0.2, -0.15) is 0 Å². The average molecular weight is 332 g/mol. The summed E-state index contributed by atoms with van der Waals surface area (Å²) >= 11 is 0. The van der Waals surface area contributed by atoms with E-state index in [1.54, 1.807) is 6.08 Å². The molecule has 2 aliphatic heterocycles. The van der Waals surface area contributed by atoms with E-state index in [2.05, 4.69) is 20.8 Å². The Kier molecular flexibility index (Phi) is 3.45. The molecule has 4 rings (SSSR count). The normalized spacial score (nSPS) is 48.0. The Hall–Kier alpha value is -0.970. The second-order valence-corrected chi connectivity index (χ2v) is 8.85. The maximum Gasteiger partial charge on any atom is 0.192 e. The van der Waals surface area contributed by atoms with Crippen LogP contribution in [0.4, 0.5) is 0 Å². The molecule has 0 aromatic carbocycles. The molecule has 1 saturated heterocycles. The highest BCUT2D eigenvalue weighted by molar-refractivity contribution is 5.76. The van der Waals surface area contributed by atoms with E-state index < -0.39 is 11.2 Å². The Bertz CT molecular complexity index is 650. The van der Waals surface area contributed by atoms with Crippen molar-refractivity contribution in [2.24, 2.45) is 22.7 Å². The summed E-state index contributed by atoms with van der Waals surface area (Å²) in [5.74, 6) is -0.973. The molecular formula is C20H28O4. The number of carbonyl (C=O) groups is 1. The zero-order valence-electron chi connectivity index (χ0n) is 14.8. The largest absolute Gasteiger partial charge is 0.396 e. The molecule has 0 aromatic heterocycles. The topological polar surface area (TPSA) is 66.8 Å². The quantitative estimate of drug-likeness (QED) is 0.616. The first kappa shape index (κ1) is 16.5. The third-order valence-electron chi connectivity index (χ3n) is 7.58. The number of rotatable bonds is 3. The van der Waals surface area contributed by atoms with Crippen LogP contribution in [0.3, 0.4) is 0 Å². The van der Waals surface area contributed by atoms with Gasteiger partial charge in [-0.3, -0.25) is 4.79 Å². The van der Waals surface area contributed by atoms with E-state index in [0.29, 0.717) is 5.57 Å². The Morgan fingerprint density at radius 1 is 1.38 bits per heavy atom. The van der Waals surface area contributed by atoms with Gasteiger partial charge in [-0.1, -0.05) is 31.9 Å². The van der Waals surface area contributed by atoms with Gasteiger partial charge in [-0.05, 0) is 49.5 Å². The lowest BCUT2D eigenvalue weighted by Crippen LogP contribution is -2.58. The molecule has 24 heavy (non-hydrogen) atoms. The summed E-state index contributed by atoms with van der Waals surface area (Å²) in [4.78, 5) is 11.4. The van der Waals surface area contributed by atoms with Crippen molar-refractivity contribution in [3.8, 4) is 0 Å². The van der Waals surface area contributed by atoms with Crippen LogP contribution < -0.4 is 0 Å². The fraction of sp³-hybridized carbons (Fsp3) is 0.750. The average Bonchev–Trinajstić information content (AvgIpc) is 3.05. The van der Waals surface area contributed by atoms with Crippen LogP contribution in [0.2, 0.25) is 0 Å². The number of fused-ring (bicyclic) bond motifs is 6. The van der Waals surface area contributed by atoms with E-state index in [1.165, 1.54) is 11.1 Å². The van der Waals surface area contributed by atoms with E-state index >= 15 is 0 Å². The van der Waals surface area contributed by atoms with E-state index in [0.717, 1.165) is 38.4 Å². The predicted octanol–water partition coefficient (Wildman–Crippen LogP) is 2.74. The standard InChI is InChI=1S/C20H28O4/c1-12(10-21)14-4-5-18(2)6-7-19(3)15(17(14)18)8-16-13(11-22)9-20(19,23)24-16/h9,11-12,15-16,21,23H,4-8,10H2,1-3H3. The lowest BCUT2D eigenvalue weighted by atomic mass is 9.52. The first-order valence-corrected chi connectivity index (χ1v) is 9.20. The summed E-state index contributed by atoms with van der Waals surface area (Å²) < 4.78 is 5.92. The Labute approximate surface area is 143 Å².